The van der Waals surface area contributed by atoms with Crippen LogP contribution in [0.5, 0.6) is 0 Å². The zero-order chi connectivity index (χ0) is 13.0. The molecule has 0 aliphatic heterocycles. The number of hydrogen-bond acceptors (Lipinski definition) is 3. The lowest BCUT2D eigenvalue weighted by Gasteiger charge is -2.22. The van der Waals surface area contributed by atoms with Crippen molar-refractivity contribution in [2.75, 3.05) is 11.4 Å². The van der Waals surface area contributed by atoms with Crippen LogP contribution in [0.2, 0.25) is 0 Å². The maximum absolute atomic E-state index is 4.46. The summed E-state index contributed by atoms with van der Waals surface area (Å²) in [6.07, 6.45) is 3.68. The largest absolute Gasteiger partial charge is 0.351 e. The van der Waals surface area contributed by atoms with Crippen LogP contribution in [0.15, 0.2) is 41.1 Å². The minimum Gasteiger partial charge on any atom is -0.351 e. The van der Waals surface area contributed by atoms with Crippen molar-refractivity contribution in [3.05, 3.63) is 52.4 Å². The summed E-state index contributed by atoms with van der Waals surface area (Å²) < 4.78 is 1.04. The number of aromatic nitrogens is 2. The van der Waals surface area contributed by atoms with E-state index < -0.39 is 0 Å². The maximum Gasteiger partial charge on any atom is 0.129 e. The molecule has 0 bridgehead atoms. The molecule has 0 unspecified atom stereocenters. The van der Waals surface area contributed by atoms with Crippen LogP contribution in [0, 0.1) is 6.92 Å². The van der Waals surface area contributed by atoms with Crippen LogP contribution in [-0.4, -0.2) is 16.5 Å². The molecule has 0 radical (unpaired) electrons. The first-order valence-corrected chi connectivity index (χ1v) is 6.77. The Labute approximate surface area is 116 Å². The van der Waals surface area contributed by atoms with Gasteiger partial charge >= 0.3 is 0 Å². The smallest absolute Gasteiger partial charge is 0.129 e. The minimum atomic E-state index is 0.783. The molecule has 18 heavy (non-hydrogen) atoms. The Hall–Kier alpha value is -1.42. The molecule has 0 atom stereocenters. The highest BCUT2D eigenvalue weighted by Gasteiger charge is 2.08. The maximum atomic E-state index is 4.46. The third kappa shape index (κ3) is 3.07. The Morgan fingerprint density at radius 1 is 1.28 bits per heavy atom. The van der Waals surface area contributed by atoms with Gasteiger partial charge in [-0.05, 0) is 53.5 Å². The highest BCUT2D eigenvalue weighted by atomic mass is 79.9. The minimum absolute atomic E-state index is 0.783. The van der Waals surface area contributed by atoms with Crippen LogP contribution in [0.4, 0.5) is 5.82 Å². The summed E-state index contributed by atoms with van der Waals surface area (Å²) in [5.41, 5.74) is 2.25. The fourth-order valence-electron chi connectivity index (χ4n) is 1.74. The monoisotopic (exact) mass is 305 g/mol. The van der Waals surface area contributed by atoms with Crippen LogP contribution >= 0.6 is 15.9 Å². The Balaban J connectivity index is 2.20. The molecule has 2 aromatic heterocycles. The van der Waals surface area contributed by atoms with Crippen LogP contribution in [0.3, 0.4) is 0 Å². The second-order valence-electron chi connectivity index (χ2n) is 4.13. The third-order valence-electron chi connectivity index (χ3n) is 2.82. The Morgan fingerprint density at radius 2 is 2.11 bits per heavy atom. The van der Waals surface area contributed by atoms with Crippen LogP contribution in [-0.2, 0) is 6.54 Å². The third-order valence-corrected chi connectivity index (χ3v) is 3.65. The Kier molecular flexibility index (Phi) is 4.31. The average Bonchev–Trinajstić information content (AvgIpc) is 2.40. The van der Waals surface area contributed by atoms with Crippen molar-refractivity contribution in [2.24, 2.45) is 0 Å². The zero-order valence-corrected chi connectivity index (χ0v) is 12.2. The average molecular weight is 306 g/mol. The molecule has 0 saturated carbocycles. The van der Waals surface area contributed by atoms with Gasteiger partial charge in [0.25, 0.3) is 0 Å². The summed E-state index contributed by atoms with van der Waals surface area (Å²) >= 11 is 3.47. The molecular formula is C14H16BrN3. The van der Waals surface area contributed by atoms with Crippen molar-refractivity contribution in [1.82, 2.24) is 9.97 Å². The number of aryl methyl sites for hydroxylation is 1. The lowest BCUT2D eigenvalue weighted by Crippen LogP contribution is -2.23. The summed E-state index contributed by atoms with van der Waals surface area (Å²) in [5.74, 6) is 0.990. The molecule has 2 heterocycles. The molecule has 0 spiro atoms. The van der Waals surface area contributed by atoms with Gasteiger partial charge in [0.15, 0.2) is 0 Å². The first-order chi connectivity index (χ1) is 8.70. The van der Waals surface area contributed by atoms with E-state index in [1.54, 1.807) is 0 Å². The lowest BCUT2D eigenvalue weighted by molar-refractivity contribution is 0.793. The molecule has 2 rings (SSSR count). The number of anilines is 1. The van der Waals surface area contributed by atoms with E-state index in [9.17, 15) is 0 Å². The molecule has 94 valence electrons. The number of pyridine rings is 2. The lowest BCUT2D eigenvalue weighted by atomic mass is 10.2. The Morgan fingerprint density at radius 3 is 2.72 bits per heavy atom. The second-order valence-corrected chi connectivity index (χ2v) is 4.98. The first-order valence-electron chi connectivity index (χ1n) is 5.97. The van der Waals surface area contributed by atoms with Gasteiger partial charge in [0.1, 0.15) is 5.82 Å². The fraction of sp³-hybridized carbons (Fsp3) is 0.286. The van der Waals surface area contributed by atoms with E-state index in [-0.39, 0.29) is 0 Å². The SMILES string of the molecule is CCN(Cc1ccccn1)c1cc(C)c(Br)cn1. The molecule has 0 aliphatic rings. The van der Waals surface area contributed by atoms with E-state index >= 15 is 0 Å². The van der Waals surface area contributed by atoms with Gasteiger partial charge in [-0.15, -0.1) is 0 Å². The highest BCUT2D eigenvalue weighted by molar-refractivity contribution is 9.10. The summed E-state index contributed by atoms with van der Waals surface area (Å²) in [5, 5.41) is 0. The number of rotatable bonds is 4. The topological polar surface area (TPSA) is 29.0 Å². The van der Waals surface area contributed by atoms with Gasteiger partial charge < -0.3 is 4.90 Å². The van der Waals surface area contributed by atoms with Gasteiger partial charge in [0, 0.05) is 23.4 Å². The molecule has 0 N–H and O–H groups in total. The Bertz CT molecular complexity index is 514. The van der Waals surface area contributed by atoms with Gasteiger partial charge in [0.05, 0.1) is 12.2 Å². The molecule has 0 fully saturated rings. The molecule has 0 saturated heterocycles. The van der Waals surface area contributed by atoms with Crippen molar-refractivity contribution in [2.45, 2.75) is 20.4 Å². The van der Waals surface area contributed by atoms with Gasteiger partial charge in [0.2, 0.25) is 0 Å². The molecule has 0 aliphatic carbocycles. The van der Waals surface area contributed by atoms with Crippen molar-refractivity contribution in [1.29, 1.82) is 0 Å². The van der Waals surface area contributed by atoms with Gasteiger partial charge in [-0.3, -0.25) is 4.98 Å². The van der Waals surface area contributed by atoms with E-state index in [0.717, 1.165) is 29.1 Å². The normalized spacial score (nSPS) is 10.4. The number of halogens is 1. The molecular weight excluding hydrogens is 290 g/mol. The van der Waals surface area contributed by atoms with Crippen molar-refractivity contribution < 1.29 is 0 Å². The predicted octanol–water partition coefficient (Wildman–Crippen LogP) is 3.57. The van der Waals surface area contributed by atoms with E-state index in [0.29, 0.717) is 0 Å². The summed E-state index contributed by atoms with van der Waals surface area (Å²) in [6.45, 7) is 5.89. The molecule has 4 heteroatoms. The van der Waals surface area contributed by atoms with Gasteiger partial charge in [-0.1, -0.05) is 6.07 Å². The van der Waals surface area contributed by atoms with Gasteiger partial charge in [-0.2, -0.15) is 0 Å². The van der Waals surface area contributed by atoms with Crippen molar-refractivity contribution in [3.63, 3.8) is 0 Å². The summed E-state index contributed by atoms with van der Waals surface area (Å²) in [6, 6.07) is 8.07. The quantitative estimate of drug-likeness (QED) is 0.864. The second kappa shape index (κ2) is 5.96. The van der Waals surface area contributed by atoms with Gasteiger partial charge in [-0.25, -0.2) is 4.98 Å². The van der Waals surface area contributed by atoms with Crippen LogP contribution in [0.25, 0.3) is 0 Å². The highest BCUT2D eigenvalue weighted by Crippen LogP contribution is 2.20. The summed E-state index contributed by atoms with van der Waals surface area (Å²) in [4.78, 5) is 11.0. The fourth-order valence-corrected chi connectivity index (χ4v) is 1.96. The molecule has 0 aromatic carbocycles. The summed E-state index contributed by atoms with van der Waals surface area (Å²) in [7, 11) is 0. The first kappa shape index (κ1) is 13.0. The van der Waals surface area contributed by atoms with E-state index in [1.165, 1.54) is 5.56 Å². The van der Waals surface area contributed by atoms with Crippen LogP contribution < -0.4 is 4.90 Å². The standard InChI is InChI=1S/C14H16BrN3/c1-3-18(10-12-6-4-5-7-16-12)14-8-11(2)13(15)9-17-14/h4-9H,3,10H2,1-2H3. The van der Waals surface area contributed by atoms with Crippen LogP contribution in [0.1, 0.15) is 18.2 Å². The molecule has 2 aromatic rings. The van der Waals surface area contributed by atoms with Crippen molar-refractivity contribution >= 4 is 21.7 Å². The zero-order valence-electron chi connectivity index (χ0n) is 10.6. The number of nitrogens with zero attached hydrogens (tertiary/aromatic N) is 3. The molecule has 0 amide bonds. The predicted molar refractivity (Wildman–Crippen MR) is 77.6 cm³/mol. The number of hydrogen-bond donors (Lipinski definition) is 0. The van der Waals surface area contributed by atoms with E-state index in [2.05, 4.69) is 50.7 Å². The molecule has 3 nitrogen and oxygen atoms in total. The van der Waals surface area contributed by atoms with E-state index in [4.69, 9.17) is 0 Å². The van der Waals surface area contributed by atoms with E-state index in [1.807, 2.05) is 30.6 Å². The van der Waals surface area contributed by atoms with Crippen molar-refractivity contribution in [3.8, 4) is 0 Å².